The molecule has 0 aliphatic carbocycles. The first-order valence-electron chi connectivity index (χ1n) is 6.68. The summed E-state index contributed by atoms with van der Waals surface area (Å²) in [7, 11) is -3.29. The second-order valence-corrected chi connectivity index (χ2v) is 13.6. The summed E-state index contributed by atoms with van der Waals surface area (Å²) in [6, 6.07) is 9.15. The van der Waals surface area contributed by atoms with E-state index in [9.17, 15) is 17.2 Å². The molecule has 25 heavy (non-hydrogen) atoms. The molecule has 0 fully saturated rings. The second-order valence-electron chi connectivity index (χ2n) is 4.73. The number of hydrogen-bond acceptors (Lipinski definition) is 4. The molecule has 0 unspecified atom stereocenters. The number of hydrogen-bond donors (Lipinski definition) is 1. The molecule has 5 nitrogen and oxygen atoms in total. The van der Waals surface area contributed by atoms with E-state index < -0.39 is 39.5 Å². The number of alkyl halides is 3. The Morgan fingerprint density at radius 2 is 1.20 bits per heavy atom. The zero-order valence-electron chi connectivity index (χ0n) is 13.1. The Kier molecular flexibility index (Phi) is 5.54. The van der Waals surface area contributed by atoms with Gasteiger partial charge in [0.1, 0.15) is 0 Å². The van der Waals surface area contributed by atoms with Crippen LogP contribution in [0.15, 0.2) is 48.5 Å². The molecule has 0 saturated heterocycles. The Bertz CT molecular complexity index is 791. The Morgan fingerprint density at radius 1 is 0.880 bits per heavy atom. The van der Waals surface area contributed by atoms with Gasteiger partial charge in [-0.15, -0.1) is 0 Å². The first-order chi connectivity index (χ1) is 11.6. The van der Waals surface area contributed by atoms with E-state index in [0.717, 1.165) is 24.3 Å². The van der Waals surface area contributed by atoms with Gasteiger partial charge in [-0.2, -0.15) is 0 Å². The molecule has 0 spiro atoms. The van der Waals surface area contributed by atoms with Gasteiger partial charge in [0.2, 0.25) is 0 Å². The molecule has 1 N–H and O–H groups in total. The van der Waals surface area contributed by atoms with Crippen LogP contribution in [0.3, 0.4) is 0 Å². The predicted molar refractivity (Wildman–Crippen MR) is 81.0 cm³/mol. The van der Waals surface area contributed by atoms with Crippen molar-refractivity contribution in [3.8, 4) is 11.5 Å². The third-order valence-corrected chi connectivity index (χ3v) is 13.6. The SMILES string of the molecule is COc1ccc([I-](F)(c2ccc(OC)cc2)C(F)(F)S(=O)(=O)O)cc1. The number of methoxy groups -OCH3 is 2. The van der Waals surface area contributed by atoms with Gasteiger partial charge in [-0.25, -0.2) is 0 Å². The van der Waals surface area contributed by atoms with Crippen molar-refractivity contribution >= 4 is 10.1 Å². The molecular formula is C15H15F3IO5S-. The van der Waals surface area contributed by atoms with E-state index in [0.29, 0.717) is 0 Å². The van der Waals surface area contributed by atoms with Gasteiger partial charge < -0.3 is 0 Å². The first-order valence-corrected chi connectivity index (χ1v) is 12.2. The van der Waals surface area contributed by atoms with Crippen molar-refractivity contribution < 1.29 is 53.1 Å². The van der Waals surface area contributed by atoms with E-state index in [1.165, 1.54) is 38.5 Å². The van der Waals surface area contributed by atoms with Crippen molar-refractivity contribution in [3.05, 3.63) is 55.7 Å². The van der Waals surface area contributed by atoms with Gasteiger partial charge >= 0.3 is 148 Å². The van der Waals surface area contributed by atoms with E-state index >= 15 is 2.86 Å². The molecule has 140 valence electrons. The molecule has 2 rings (SSSR count). The summed E-state index contributed by atoms with van der Waals surface area (Å²) < 4.78 is 80.2. The number of rotatable bonds is 6. The molecule has 0 heterocycles. The molecule has 0 aliphatic rings. The molecule has 0 bridgehead atoms. The van der Waals surface area contributed by atoms with Gasteiger partial charge in [0, 0.05) is 0 Å². The van der Waals surface area contributed by atoms with E-state index in [1.54, 1.807) is 0 Å². The summed E-state index contributed by atoms with van der Waals surface area (Å²) in [4.78, 5) is 0. The van der Waals surface area contributed by atoms with E-state index in [1.807, 2.05) is 0 Å². The van der Waals surface area contributed by atoms with Gasteiger partial charge in [-0.3, -0.25) is 0 Å². The summed E-state index contributed by atoms with van der Waals surface area (Å²) in [5.41, 5.74) is 0. The van der Waals surface area contributed by atoms with Crippen LogP contribution in [0.1, 0.15) is 0 Å². The standard InChI is InChI=1S/C15H15F3IO5S/c1-23-13-7-3-11(4-8-13)19(18,15(16,17)25(20,21)22)12-5-9-14(24-2)10-6-12/h3-10H,1-2H3,(H,20,21,22)/q-1. The van der Waals surface area contributed by atoms with Crippen LogP contribution in [0.25, 0.3) is 0 Å². The molecule has 2 aromatic carbocycles. The van der Waals surface area contributed by atoms with Crippen LogP contribution in [-0.2, 0) is 10.1 Å². The van der Waals surface area contributed by atoms with E-state index in [2.05, 4.69) is 0 Å². The van der Waals surface area contributed by atoms with Gasteiger partial charge in [-0.1, -0.05) is 0 Å². The van der Waals surface area contributed by atoms with Gasteiger partial charge in [0.15, 0.2) is 0 Å². The van der Waals surface area contributed by atoms with Crippen LogP contribution in [-0.4, -0.2) is 30.5 Å². The van der Waals surface area contributed by atoms with Crippen LogP contribution < -0.4 is 28.5 Å². The van der Waals surface area contributed by atoms with Crippen LogP contribution in [0.5, 0.6) is 11.5 Å². The van der Waals surface area contributed by atoms with Crippen LogP contribution >= 0.6 is 0 Å². The average Bonchev–Trinajstić information content (AvgIpc) is 2.60. The fraction of sp³-hybridized carbons (Fsp3) is 0.200. The molecule has 0 aliphatic heterocycles. The predicted octanol–water partition coefficient (Wildman–Crippen LogP) is 0.226. The molecule has 2 aromatic rings. The van der Waals surface area contributed by atoms with E-state index in [4.69, 9.17) is 14.0 Å². The van der Waals surface area contributed by atoms with Crippen molar-refractivity contribution in [2.24, 2.45) is 0 Å². The third kappa shape index (κ3) is 3.42. The second kappa shape index (κ2) is 7.00. The average molecular weight is 491 g/mol. The molecule has 0 saturated carbocycles. The van der Waals surface area contributed by atoms with Crippen LogP contribution in [0, 0.1) is 7.14 Å². The maximum absolute atomic E-state index is 15.8. The number of halogens is 4. The first kappa shape index (κ1) is 19.8. The third-order valence-electron chi connectivity index (χ3n) is 3.30. The molecule has 0 atom stereocenters. The summed E-state index contributed by atoms with van der Waals surface area (Å²) >= 11 is -6.28. The summed E-state index contributed by atoms with van der Waals surface area (Å²) in [5, 5.41) is 0. The number of benzene rings is 2. The molecule has 0 amide bonds. The quantitative estimate of drug-likeness (QED) is 0.356. The Balaban J connectivity index is 2.73. The van der Waals surface area contributed by atoms with Crippen molar-refractivity contribution in [1.82, 2.24) is 0 Å². The maximum atomic E-state index is 15.8. The Labute approximate surface area is 147 Å². The van der Waals surface area contributed by atoms with Crippen molar-refractivity contribution in [1.29, 1.82) is 0 Å². The summed E-state index contributed by atoms with van der Waals surface area (Å²) in [6.07, 6.45) is 0. The van der Waals surface area contributed by atoms with Crippen molar-refractivity contribution in [2.45, 2.75) is 3.26 Å². The van der Waals surface area contributed by atoms with Crippen molar-refractivity contribution in [3.63, 3.8) is 0 Å². The van der Waals surface area contributed by atoms with E-state index in [-0.39, 0.29) is 11.5 Å². The Hall–Kier alpha value is -1.53. The van der Waals surface area contributed by atoms with Crippen molar-refractivity contribution in [2.75, 3.05) is 14.2 Å². The topological polar surface area (TPSA) is 72.8 Å². The van der Waals surface area contributed by atoms with Gasteiger partial charge in [0.25, 0.3) is 0 Å². The zero-order chi connectivity index (χ0) is 18.9. The van der Waals surface area contributed by atoms with Gasteiger partial charge in [-0.05, 0) is 0 Å². The molecular weight excluding hydrogens is 476 g/mol. The molecule has 10 heteroatoms. The zero-order valence-corrected chi connectivity index (χ0v) is 16.1. The fourth-order valence-electron chi connectivity index (χ4n) is 2.00. The van der Waals surface area contributed by atoms with Crippen LogP contribution in [0.4, 0.5) is 11.6 Å². The Morgan fingerprint density at radius 3 is 1.44 bits per heavy atom. The molecule has 0 aromatic heterocycles. The summed E-state index contributed by atoms with van der Waals surface area (Å²) in [5.74, 6) is 0.578. The van der Waals surface area contributed by atoms with Crippen LogP contribution in [0.2, 0.25) is 0 Å². The summed E-state index contributed by atoms with van der Waals surface area (Å²) in [6.45, 7) is 0. The molecule has 0 radical (unpaired) electrons. The minimum absolute atomic E-state index is 0.289. The normalized spacial score (nSPS) is 13.4. The van der Waals surface area contributed by atoms with Gasteiger partial charge in [0.05, 0.1) is 0 Å². The fourth-order valence-corrected chi connectivity index (χ4v) is 10.6. The minimum atomic E-state index is -6.28. The number of ether oxygens (including phenoxy) is 2. The monoisotopic (exact) mass is 491 g/mol.